The Kier molecular flexibility index (Phi) is 2.34. The predicted octanol–water partition coefficient (Wildman–Crippen LogP) is 3.57. The molecule has 0 amide bonds. The van der Waals surface area contributed by atoms with Gasteiger partial charge >= 0.3 is 0 Å². The lowest BCUT2D eigenvalue weighted by molar-refractivity contribution is 1.27. The summed E-state index contributed by atoms with van der Waals surface area (Å²) >= 11 is 7.45. The summed E-state index contributed by atoms with van der Waals surface area (Å²) in [6.07, 6.45) is 0. The van der Waals surface area contributed by atoms with Gasteiger partial charge < -0.3 is 0 Å². The number of nitrogens with zero attached hydrogens (tertiary/aromatic N) is 1. The first-order valence-electron chi connectivity index (χ1n) is 3.85. The summed E-state index contributed by atoms with van der Waals surface area (Å²) in [5.41, 5.74) is 2.10. The molecule has 0 saturated heterocycles. The van der Waals surface area contributed by atoms with E-state index in [1.54, 1.807) is 11.3 Å². The van der Waals surface area contributed by atoms with Crippen LogP contribution >= 0.6 is 22.9 Å². The van der Waals surface area contributed by atoms with Crippen LogP contribution in [-0.4, -0.2) is 4.98 Å². The van der Waals surface area contributed by atoms with E-state index in [0.29, 0.717) is 5.02 Å². The zero-order valence-corrected chi connectivity index (χ0v) is 8.62. The van der Waals surface area contributed by atoms with Crippen LogP contribution in [0.4, 0.5) is 0 Å². The second-order valence-electron chi connectivity index (χ2n) is 2.72. The second kappa shape index (κ2) is 3.48. The van der Waals surface area contributed by atoms with E-state index in [1.165, 1.54) is 0 Å². The average Bonchev–Trinajstić information content (AvgIpc) is 2.52. The van der Waals surface area contributed by atoms with E-state index in [2.05, 4.69) is 11.1 Å². The van der Waals surface area contributed by atoms with E-state index in [4.69, 9.17) is 11.6 Å². The molecule has 0 fully saturated rings. The highest BCUT2D eigenvalue weighted by atomic mass is 35.5. The molecule has 0 saturated carbocycles. The summed E-state index contributed by atoms with van der Waals surface area (Å²) in [4.78, 5) is 4.37. The maximum Gasteiger partial charge on any atom is 0.123 e. The largest absolute Gasteiger partial charge is 0.241 e. The van der Waals surface area contributed by atoms with Crippen molar-refractivity contribution in [1.82, 2.24) is 4.98 Å². The van der Waals surface area contributed by atoms with Gasteiger partial charge in [0.15, 0.2) is 0 Å². The van der Waals surface area contributed by atoms with E-state index in [0.717, 1.165) is 16.3 Å². The molecule has 0 spiro atoms. The topological polar surface area (TPSA) is 12.9 Å². The monoisotopic (exact) mass is 208 g/mol. The van der Waals surface area contributed by atoms with Crippen LogP contribution in [0.15, 0.2) is 23.6 Å². The molecule has 13 heavy (non-hydrogen) atoms. The Balaban J connectivity index is 2.46. The maximum absolute atomic E-state index is 5.82. The molecule has 1 heterocycles. The summed E-state index contributed by atoms with van der Waals surface area (Å²) in [5, 5.41) is 3.67. The second-order valence-corrected chi connectivity index (χ2v) is 3.98. The normalized spacial score (nSPS) is 10.3. The number of aromatic nitrogens is 1. The van der Waals surface area contributed by atoms with Crippen molar-refractivity contribution in [1.29, 1.82) is 0 Å². The summed E-state index contributed by atoms with van der Waals surface area (Å²) in [5.74, 6) is 0. The summed E-state index contributed by atoms with van der Waals surface area (Å²) < 4.78 is 0. The van der Waals surface area contributed by atoms with Gasteiger partial charge in [-0.05, 0) is 13.0 Å². The molecular formula is C10H7ClNS. The first kappa shape index (κ1) is 8.73. The number of hydrogen-bond donors (Lipinski definition) is 0. The Morgan fingerprint density at radius 2 is 2.38 bits per heavy atom. The minimum Gasteiger partial charge on any atom is -0.241 e. The molecule has 0 bridgehead atoms. The number of hydrogen-bond acceptors (Lipinski definition) is 2. The van der Waals surface area contributed by atoms with E-state index in [9.17, 15) is 0 Å². The Labute approximate surface area is 86.0 Å². The van der Waals surface area contributed by atoms with Gasteiger partial charge in [0.25, 0.3) is 0 Å². The quantitative estimate of drug-likeness (QED) is 0.698. The minimum atomic E-state index is 0.630. The van der Waals surface area contributed by atoms with Gasteiger partial charge in [-0.15, -0.1) is 11.3 Å². The van der Waals surface area contributed by atoms with Gasteiger partial charge in [-0.3, -0.25) is 0 Å². The standard InChI is InChI=1S/C10H7ClNS/c1-7-6-13-10(12-7)8-3-2-4-9(11)5-8/h2-3,5-6H,1H3. The predicted molar refractivity (Wildman–Crippen MR) is 56.1 cm³/mol. The lowest BCUT2D eigenvalue weighted by Gasteiger charge is -1.95. The fourth-order valence-corrected chi connectivity index (χ4v) is 2.03. The number of halogens is 1. The zero-order chi connectivity index (χ0) is 9.26. The Morgan fingerprint density at radius 1 is 1.54 bits per heavy atom. The molecule has 2 aromatic rings. The maximum atomic E-state index is 5.82. The van der Waals surface area contributed by atoms with Crippen molar-refractivity contribution in [3.05, 3.63) is 40.4 Å². The summed E-state index contributed by atoms with van der Waals surface area (Å²) in [6.45, 7) is 1.98. The number of benzene rings is 1. The van der Waals surface area contributed by atoms with Crippen molar-refractivity contribution in [3.8, 4) is 10.6 Å². The Hall–Kier alpha value is -0.860. The Bertz CT molecular complexity index is 422. The highest BCUT2D eigenvalue weighted by Crippen LogP contribution is 2.25. The molecule has 2 rings (SSSR count). The van der Waals surface area contributed by atoms with Gasteiger partial charge in [0.1, 0.15) is 5.01 Å². The van der Waals surface area contributed by atoms with Gasteiger partial charge in [-0.25, -0.2) is 4.98 Å². The molecule has 0 aliphatic carbocycles. The van der Waals surface area contributed by atoms with E-state index in [1.807, 2.05) is 30.5 Å². The van der Waals surface area contributed by atoms with Crippen LogP contribution in [0, 0.1) is 13.0 Å². The first-order valence-corrected chi connectivity index (χ1v) is 5.11. The molecule has 1 aromatic heterocycles. The molecule has 0 aliphatic rings. The number of thiazole rings is 1. The van der Waals surface area contributed by atoms with Gasteiger partial charge in [0.05, 0.1) is 0 Å². The SMILES string of the molecule is Cc1csc(-c2cc[c]c(Cl)c2)n1. The van der Waals surface area contributed by atoms with Gasteiger partial charge in [0.2, 0.25) is 0 Å². The van der Waals surface area contributed by atoms with Gasteiger partial charge in [0, 0.05) is 27.7 Å². The third kappa shape index (κ3) is 1.90. The van der Waals surface area contributed by atoms with Crippen LogP contribution in [0.25, 0.3) is 10.6 Å². The molecule has 1 radical (unpaired) electrons. The van der Waals surface area contributed by atoms with Crippen molar-refractivity contribution in [2.75, 3.05) is 0 Å². The fourth-order valence-electron chi connectivity index (χ4n) is 1.06. The summed E-state index contributed by atoms with van der Waals surface area (Å²) in [7, 11) is 0. The lowest BCUT2D eigenvalue weighted by atomic mass is 10.2. The van der Waals surface area contributed by atoms with Crippen LogP contribution in [-0.2, 0) is 0 Å². The molecule has 0 unspecified atom stereocenters. The molecule has 1 aromatic carbocycles. The first-order chi connectivity index (χ1) is 6.25. The highest BCUT2D eigenvalue weighted by Gasteiger charge is 2.01. The van der Waals surface area contributed by atoms with Crippen molar-refractivity contribution in [2.24, 2.45) is 0 Å². The van der Waals surface area contributed by atoms with Crippen molar-refractivity contribution < 1.29 is 0 Å². The van der Waals surface area contributed by atoms with Crippen molar-refractivity contribution >= 4 is 22.9 Å². The van der Waals surface area contributed by atoms with Gasteiger partial charge in [-0.2, -0.15) is 0 Å². The van der Waals surface area contributed by atoms with Crippen molar-refractivity contribution in [2.45, 2.75) is 6.92 Å². The van der Waals surface area contributed by atoms with Crippen LogP contribution in [0.3, 0.4) is 0 Å². The van der Waals surface area contributed by atoms with Crippen molar-refractivity contribution in [3.63, 3.8) is 0 Å². The van der Waals surface area contributed by atoms with Crippen LogP contribution < -0.4 is 0 Å². The van der Waals surface area contributed by atoms with Crippen LogP contribution in [0.5, 0.6) is 0 Å². The lowest BCUT2D eigenvalue weighted by Crippen LogP contribution is -1.76. The minimum absolute atomic E-state index is 0.630. The van der Waals surface area contributed by atoms with E-state index in [-0.39, 0.29) is 0 Å². The number of rotatable bonds is 1. The molecule has 0 aliphatic heterocycles. The molecule has 3 heteroatoms. The molecule has 65 valence electrons. The summed E-state index contributed by atoms with van der Waals surface area (Å²) in [6, 6.07) is 8.54. The number of aryl methyl sites for hydroxylation is 1. The van der Waals surface area contributed by atoms with Crippen LogP contribution in [0.2, 0.25) is 5.02 Å². The average molecular weight is 209 g/mol. The molecule has 1 nitrogen and oxygen atoms in total. The molecule has 0 atom stereocenters. The third-order valence-corrected chi connectivity index (χ3v) is 2.86. The fraction of sp³-hybridized carbons (Fsp3) is 0.100. The Morgan fingerprint density at radius 3 is 3.00 bits per heavy atom. The van der Waals surface area contributed by atoms with Gasteiger partial charge in [-0.1, -0.05) is 23.7 Å². The molecule has 0 N–H and O–H groups in total. The highest BCUT2D eigenvalue weighted by molar-refractivity contribution is 7.13. The van der Waals surface area contributed by atoms with Crippen LogP contribution in [0.1, 0.15) is 5.69 Å². The van der Waals surface area contributed by atoms with E-state index < -0.39 is 0 Å². The van der Waals surface area contributed by atoms with E-state index >= 15 is 0 Å². The smallest absolute Gasteiger partial charge is 0.123 e. The third-order valence-electron chi connectivity index (χ3n) is 1.63. The molecular weight excluding hydrogens is 202 g/mol. The zero-order valence-electron chi connectivity index (χ0n) is 7.04.